The standard InChI is InChI=1S/C13H16N4/c1-17-13(11-5-3-7-15-11)8-12(16-17)10-4-2-6-14-9-10/h2,4,6,8-9,11,15H,3,5,7H2,1H3. The van der Waals surface area contributed by atoms with E-state index < -0.39 is 0 Å². The van der Waals surface area contributed by atoms with E-state index >= 15 is 0 Å². The van der Waals surface area contributed by atoms with Crippen LogP contribution in [0.4, 0.5) is 0 Å². The van der Waals surface area contributed by atoms with E-state index in [1.807, 2.05) is 30.1 Å². The molecule has 4 heteroatoms. The van der Waals surface area contributed by atoms with E-state index in [-0.39, 0.29) is 0 Å². The molecule has 1 saturated heterocycles. The fourth-order valence-corrected chi connectivity index (χ4v) is 2.40. The normalized spacial score (nSPS) is 19.7. The first kappa shape index (κ1) is 10.5. The summed E-state index contributed by atoms with van der Waals surface area (Å²) in [5.74, 6) is 0. The third-order valence-corrected chi connectivity index (χ3v) is 3.29. The zero-order chi connectivity index (χ0) is 11.7. The van der Waals surface area contributed by atoms with E-state index in [0.717, 1.165) is 17.8 Å². The Balaban J connectivity index is 1.95. The molecule has 17 heavy (non-hydrogen) atoms. The number of rotatable bonds is 2. The lowest BCUT2D eigenvalue weighted by molar-refractivity contribution is 0.574. The van der Waals surface area contributed by atoms with Crippen molar-refractivity contribution < 1.29 is 0 Å². The van der Waals surface area contributed by atoms with Gasteiger partial charge in [-0.05, 0) is 37.6 Å². The Morgan fingerprint density at radius 2 is 2.41 bits per heavy atom. The maximum Gasteiger partial charge on any atom is 0.0942 e. The fourth-order valence-electron chi connectivity index (χ4n) is 2.40. The van der Waals surface area contributed by atoms with Crippen molar-refractivity contribution in [3.63, 3.8) is 0 Å². The summed E-state index contributed by atoms with van der Waals surface area (Å²) in [7, 11) is 2.01. The van der Waals surface area contributed by atoms with E-state index in [1.54, 1.807) is 6.20 Å². The van der Waals surface area contributed by atoms with Crippen molar-refractivity contribution in [1.29, 1.82) is 0 Å². The second-order valence-electron chi connectivity index (χ2n) is 4.47. The van der Waals surface area contributed by atoms with Gasteiger partial charge >= 0.3 is 0 Å². The number of hydrogen-bond donors (Lipinski definition) is 1. The van der Waals surface area contributed by atoms with E-state index in [4.69, 9.17) is 0 Å². The lowest BCUT2D eigenvalue weighted by Crippen LogP contribution is -2.16. The zero-order valence-corrected chi connectivity index (χ0v) is 9.93. The summed E-state index contributed by atoms with van der Waals surface area (Å²) < 4.78 is 1.98. The third kappa shape index (κ3) is 1.96. The summed E-state index contributed by atoms with van der Waals surface area (Å²) in [6, 6.07) is 6.61. The van der Waals surface area contributed by atoms with Gasteiger partial charge in [0, 0.05) is 31.0 Å². The van der Waals surface area contributed by atoms with Crippen molar-refractivity contribution in [1.82, 2.24) is 20.1 Å². The topological polar surface area (TPSA) is 42.7 Å². The van der Waals surface area contributed by atoms with E-state index in [2.05, 4.69) is 21.5 Å². The van der Waals surface area contributed by atoms with Gasteiger partial charge in [-0.3, -0.25) is 9.67 Å². The zero-order valence-electron chi connectivity index (χ0n) is 9.93. The quantitative estimate of drug-likeness (QED) is 0.853. The molecule has 1 aliphatic rings. The van der Waals surface area contributed by atoms with Gasteiger partial charge in [-0.2, -0.15) is 5.10 Å². The Bertz CT molecular complexity index is 497. The summed E-state index contributed by atoms with van der Waals surface area (Å²) in [6.45, 7) is 1.11. The van der Waals surface area contributed by atoms with Crippen LogP contribution in [0.1, 0.15) is 24.6 Å². The highest BCUT2D eigenvalue weighted by atomic mass is 15.3. The molecule has 1 aliphatic heterocycles. The Labute approximate surface area is 101 Å². The summed E-state index contributed by atoms with van der Waals surface area (Å²) in [5.41, 5.74) is 3.35. The molecular weight excluding hydrogens is 212 g/mol. The van der Waals surface area contributed by atoms with Gasteiger partial charge in [0.15, 0.2) is 0 Å². The lowest BCUT2D eigenvalue weighted by atomic mass is 10.1. The first-order valence-corrected chi connectivity index (χ1v) is 6.02. The summed E-state index contributed by atoms with van der Waals surface area (Å²) in [6.07, 6.45) is 6.09. The molecule has 2 aromatic heterocycles. The number of hydrogen-bond acceptors (Lipinski definition) is 3. The number of nitrogens with one attached hydrogen (secondary N) is 1. The summed E-state index contributed by atoms with van der Waals surface area (Å²) in [5, 5.41) is 8.06. The minimum atomic E-state index is 0.456. The van der Waals surface area contributed by atoms with Gasteiger partial charge in [0.05, 0.1) is 11.4 Å². The molecule has 1 N–H and O–H groups in total. The molecule has 1 fully saturated rings. The molecule has 0 spiro atoms. The SMILES string of the molecule is Cn1nc(-c2cccnc2)cc1C1CCCN1. The van der Waals surface area contributed by atoms with Crippen molar-refractivity contribution >= 4 is 0 Å². The van der Waals surface area contributed by atoms with Crippen LogP contribution in [0, 0.1) is 0 Å². The van der Waals surface area contributed by atoms with E-state index in [0.29, 0.717) is 6.04 Å². The van der Waals surface area contributed by atoms with Crippen molar-refractivity contribution in [2.45, 2.75) is 18.9 Å². The Morgan fingerprint density at radius 1 is 1.47 bits per heavy atom. The van der Waals surface area contributed by atoms with Gasteiger partial charge in [0.25, 0.3) is 0 Å². The smallest absolute Gasteiger partial charge is 0.0942 e. The van der Waals surface area contributed by atoms with Crippen LogP contribution in [0.25, 0.3) is 11.3 Å². The Kier molecular flexibility index (Phi) is 2.65. The van der Waals surface area contributed by atoms with Gasteiger partial charge in [0.2, 0.25) is 0 Å². The van der Waals surface area contributed by atoms with Crippen LogP contribution >= 0.6 is 0 Å². The lowest BCUT2D eigenvalue weighted by Gasteiger charge is -2.09. The first-order valence-electron chi connectivity index (χ1n) is 6.02. The highest BCUT2D eigenvalue weighted by Crippen LogP contribution is 2.26. The maximum absolute atomic E-state index is 4.56. The third-order valence-electron chi connectivity index (χ3n) is 3.29. The fraction of sp³-hybridized carbons (Fsp3) is 0.385. The Morgan fingerprint density at radius 3 is 3.12 bits per heavy atom. The second kappa shape index (κ2) is 4.30. The van der Waals surface area contributed by atoms with Gasteiger partial charge in [-0.15, -0.1) is 0 Å². The molecule has 0 saturated carbocycles. The molecule has 0 aliphatic carbocycles. The van der Waals surface area contributed by atoms with Crippen LogP contribution in [0.3, 0.4) is 0 Å². The van der Waals surface area contributed by atoms with Crippen LogP contribution in [-0.4, -0.2) is 21.3 Å². The maximum atomic E-state index is 4.56. The van der Waals surface area contributed by atoms with Crippen molar-refractivity contribution in [3.8, 4) is 11.3 Å². The van der Waals surface area contributed by atoms with Crippen molar-refractivity contribution in [2.24, 2.45) is 7.05 Å². The number of aryl methyl sites for hydroxylation is 1. The van der Waals surface area contributed by atoms with Crippen LogP contribution in [0.15, 0.2) is 30.6 Å². The molecule has 0 bridgehead atoms. The van der Waals surface area contributed by atoms with E-state index in [9.17, 15) is 0 Å². The van der Waals surface area contributed by atoms with Gasteiger partial charge in [-0.25, -0.2) is 0 Å². The molecule has 1 unspecified atom stereocenters. The predicted octanol–water partition coefficient (Wildman–Crippen LogP) is 1.91. The number of nitrogens with zero attached hydrogens (tertiary/aromatic N) is 3. The van der Waals surface area contributed by atoms with Crippen LogP contribution in [-0.2, 0) is 7.05 Å². The highest BCUT2D eigenvalue weighted by molar-refractivity contribution is 5.58. The Hall–Kier alpha value is -1.68. The van der Waals surface area contributed by atoms with Gasteiger partial charge < -0.3 is 5.32 Å². The van der Waals surface area contributed by atoms with Crippen molar-refractivity contribution in [2.75, 3.05) is 6.54 Å². The average molecular weight is 228 g/mol. The molecule has 88 valence electrons. The molecule has 3 rings (SSSR count). The summed E-state index contributed by atoms with van der Waals surface area (Å²) >= 11 is 0. The highest BCUT2D eigenvalue weighted by Gasteiger charge is 2.20. The molecule has 4 nitrogen and oxygen atoms in total. The minimum absolute atomic E-state index is 0.456. The van der Waals surface area contributed by atoms with Gasteiger partial charge in [0.1, 0.15) is 0 Å². The van der Waals surface area contributed by atoms with Crippen molar-refractivity contribution in [3.05, 3.63) is 36.3 Å². The largest absolute Gasteiger partial charge is 0.309 e. The van der Waals surface area contributed by atoms with Gasteiger partial charge in [-0.1, -0.05) is 0 Å². The van der Waals surface area contributed by atoms with E-state index in [1.165, 1.54) is 18.5 Å². The van der Waals surface area contributed by atoms with Crippen LogP contribution in [0.5, 0.6) is 0 Å². The molecule has 3 heterocycles. The first-order chi connectivity index (χ1) is 8.34. The molecule has 0 radical (unpaired) electrons. The molecule has 1 atom stereocenters. The molecular formula is C13H16N4. The predicted molar refractivity (Wildman–Crippen MR) is 66.4 cm³/mol. The monoisotopic (exact) mass is 228 g/mol. The van der Waals surface area contributed by atoms with Crippen LogP contribution < -0.4 is 5.32 Å². The molecule has 0 aromatic carbocycles. The molecule has 0 amide bonds. The summed E-state index contributed by atoms with van der Waals surface area (Å²) in [4.78, 5) is 4.13. The second-order valence-corrected chi connectivity index (χ2v) is 4.47. The molecule has 2 aromatic rings. The van der Waals surface area contributed by atoms with Crippen LogP contribution in [0.2, 0.25) is 0 Å². The number of pyridine rings is 1. The minimum Gasteiger partial charge on any atom is -0.309 e. The number of aromatic nitrogens is 3. The average Bonchev–Trinajstić information content (AvgIpc) is 2.99.